The van der Waals surface area contributed by atoms with E-state index in [1.165, 1.54) is 16.9 Å². The number of hydrogen-bond donors (Lipinski definition) is 0. The molecule has 1 aliphatic rings. The fraction of sp³-hybridized carbons (Fsp3) is 0.323. The number of thiazole rings is 1. The number of terminal acetylenes is 1. The lowest BCUT2D eigenvalue weighted by Gasteiger charge is -2.25. The predicted molar refractivity (Wildman–Crippen MR) is 161 cm³/mol. The molecule has 0 radical (unpaired) electrons. The largest absolute Gasteiger partial charge is 0.490 e. The molecule has 0 spiro atoms. The number of hydrogen-bond acceptors (Lipinski definition) is 7. The Balaban J connectivity index is 1.90. The van der Waals surface area contributed by atoms with Crippen LogP contribution in [0.2, 0.25) is 0 Å². The number of nitrogens with zero attached hydrogens (tertiary/aromatic N) is 2. The van der Waals surface area contributed by atoms with Crippen molar-refractivity contribution in [1.82, 2.24) is 4.57 Å². The smallest absolute Gasteiger partial charge is 0.338 e. The van der Waals surface area contributed by atoms with Crippen LogP contribution in [0.15, 0.2) is 61.9 Å². The van der Waals surface area contributed by atoms with Crippen molar-refractivity contribution in [2.24, 2.45) is 4.99 Å². The number of aromatic nitrogens is 1. The van der Waals surface area contributed by atoms with Crippen molar-refractivity contribution < 1.29 is 19.0 Å². The van der Waals surface area contributed by atoms with Gasteiger partial charge in [0.15, 0.2) is 16.3 Å². The van der Waals surface area contributed by atoms with Gasteiger partial charge in [-0.05, 0) is 77.5 Å². The Morgan fingerprint density at radius 3 is 2.55 bits per heavy atom. The highest BCUT2D eigenvalue weighted by Crippen LogP contribution is 2.37. The van der Waals surface area contributed by atoms with Gasteiger partial charge in [-0.1, -0.05) is 55.4 Å². The molecule has 7 nitrogen and oxygen atoms in total. The molecule has 0 saturated heterocycles. The van der Waals surface area contributed by atoms with Gasteiger partial charge in [0.05, 0.1) is 39.5 Å². The number of rotatable bonds is 9. The van der Waals surface area contributed by atoms with Crippen molar-refractivity contribution >= 4 is 39.3 Å². The average molecular weight is 624 g/mol. The maximum atomic E-state index is 13.9. The van der Waals surface area contributed by atoms with E-state index in [2.05, 4.69) is 40.7 Å². The van der Waals surface area contributed by atoms with Crippen molar-refractivity contribution in [3.05, 3.63) is 88.5 Å². The number of esters is 1. The van der Waals surface area contributed by atoms with E-state index in [1.807, 2.05) is 37.3 Å². The molecule has 3 aromatic rings. The zero-order valence-electron chi connectivity index (χ0n) is 23.1. The Morgan fingerprint density at radius 1 is 1.20 bits per heavy atom. The van der Waals surface area contributed by atoms with Gasteiger partial charge < -0.3 is 14.2 Å². The molecule has 0 N–H and O–H groups in total. The van der Waals surface area contributed by atoms with Gasteiger partial charge in [0, 0.05) is 0 Å². The van der Waals surface area contributed by atoms with E-state index in [0.29, 0.717) is 49.1 Å². The number of carbonyl (C=O) groups excluding carboxylic acids is 1. The van der Waals surface area contributed by atoms with Crippen LogP contribution in [0.1, 0.15) is 63.3 Å². The van der Waals surface area contributed by atoms with Gasteiger partial charge in [0.1, 0.15) is 6.61 Å². The Hall–Kier alpha value is -3.61. The minimum absolute atomic E-state index is 0.0942. The summed E-state index contributed by atoms with van der Waals surface area (Å²) in [6.07, 6.45) is 7.14. The first-order valence-corrected chi connectivity index (χ1v) is 14.6. The third kappa shape index (κ3) is 5.93. The van der Waals surface area contributed by atoms with E-state index in [1.54, 1.807) is 30.6 Å². The number of allylic oxidation sites excluding steroid dienone is 1. The SMILES string of the molecule is C#CCOc1c(Br)cc(/C=c2/sc3n(c2=O)[C@@H](c2ccc(C(C)C)cc2)C(C(=O)OCC)=C(C)N=3)cc1OCC. The quantitative estimate of drug-likeness (QED) is 0.245. The maximum Gasteiger partial charge on any atom is 0.338 e. The first-order valence-electron chi connectivity index (χ1n) is 13.0. The molecule has 2 aromatic carbocycles. The lowest BCUT2D eigenvalue weighted by molar-refractivity contribution is -0.139. The van der Waals surface area contributed by atoms with Crippen molar-refractivity contribution in [3.63, 3.8) is 0 Å². The second kappa shape index (κ2) is 12.7. The molecule has 2 heterocycles. The molecule has 9 heteroatoms. The third-order valence-corrected chi connectivity index (χ3v) is 7.94. The summed E-state index contributed by atoms with van der Waals surface area (Å²) in [7, 11) is 0. The summed E-state index contributed by atoms with van der Waals surface area (Å²) in [6.45, 7) is 10.4. The van der Waals surface area contributed by atoms with E-state index >= 15 is 0 Å². The Bertz CT molecular complexity index is 1680. The first-order chi connectivity index (χ1) is 19.2. The lowest BCUT2D eigenvalue weighted by Crippen LogP contribution is -2.39. The average Bonchev–Trinajstić information content (AvgIpc) is 3.21. The molecule has 1 aromatic heterocycles. The van der Waals surface area contributed by atoms with Crippen molar-refractivity contribution in [1.29, 1.82) is 0 Å². The van der Waals surface area contributed by atoms with Crippen LogP contribution in [0.5, 0.6) is 11.5 Å². The van der Waals surface area contributed by atoms with E-state index in [0.717, 1.165) is 11.1 Å². The molecule has 0 amide bonds. The van der Waals surface area contributed by atoms with Crippen molar-refractivity contribution in [2.45, 2.75) is 46.6 Å². The highest BCUT2D eigenvalue weighted by atomic mass is 79.9. The predicted octanol–water partition coefficient (Wildman–Crippen LogP) is 5.09. The fourth-order valence-corrected chi connectivity index (χ4v) is 6.13. The van der Waals surface area contributed by atoms with Crippen LogP contribution in [0.3, 0.4) is 0 Å². The van der Waals surface area contributed by atoms with Gasteiger partial charge in [-0.3, -0.25) is 9.36 Å². The molecular formula is C31H31BrN2O5S. The monoisotopic (exact) mass is 622 g/mol. The van der Waals surface area contributed by atoms with E-state index in [-0.39, 0.29) is 18.8 Å². The van der Waals surface area contributed by atoms with Gasteiger partial charge in [0.2, 0.25) is 0 Å². The number of halogens is 1. The summed E-state index contributed by atoms with van der Waals surface area (Å²) >= 11 is 4.80. The molecule has 4 rings (SSSR count). The Labute approximate surface area is 245 Å². The molecule has 1 aliphatic heterocycles. The van der Waals surface area contributed by atoms with Crippen LogP contribution in [0, 0.1) is 12.3 Å². The zero-order chi connectivity index (χ0) is 29.0. The molecule has 208 valence electrons. The van der Waals surface area contributed by atoms with Gasteiger partial charge in [0.25, 0.3) is 5.56 Å². The van der Waals surface area contributed by atoms with Gasteiger partial charge in [-0.25, -0.2) is 9.79 Å². The van der Waals surface area contributed by atoms with Crippen molar-refractivity contribution in [3.8, 4) is 23.8 Å². The highest BCUT2D eigenvalue weighted by Gasteiger charge is 2.33. The molecule has 1 atom stereocenters. The van der Waals surface area contributed by atoms with Crippen LogP contribution in [0.25, 0.3) is 6.08 Å². The lowest BCUT2D eigenvalue weighted by atomic mass is 9.93. The van der Waals surface area contributed by atoms with Crippen LogP contribution in [0.4, 0.5) is 0 Å². The van der Waals surface area contributed by atoms with E-state index in [9.17, 15) is 9.59 Å². The molecular weight excluding hydrogens is 592 g/mol. The second-order valence-electron chi connectivity index (χ2n) is 9.38. The Kier molecular flexibility index (Phi) is 9.33. The topological polar surface area (TPSA) is 79.1 Å². The van der Waals surface area contributed by atoms with E-state index in [4.69, 9.17) is 20.6 Å². The fourth-order valence-electron chi connectivity index (χ4n) is 4.51. The number of fused-ring (bicyclic) bond motifs is 1. The summed E-state index contributed by atoms with van der Waals surface area (Å²) < 4.78 is 19.5. The molecule has 0 aliphatic carbocycles. The summed E-state index contributed by atoms with van der Waals surface area (Å²) in [5.41, 5.74) is 3.34. The van der Waals surface area contributed by atoms with E-state index < -0.39 is 12.0 Å². The third-order valence-electron chi connectivity index (χ3n) is 6.37. The number of carbonyl (C=O) groups is 1. The molecule has 0 saturated carbocycles. The molecule has 40 heavy (non-hydrogen) atoms. The van der Waals surface area contributed by atoms with Crippen LogP contribution in [-0.2, 0) is 9.53 Å². The minimum Gasteiger partial charge on any atom is -0.490 e. The standard InChI is InChI=1S/C31H31BrN2O5S/c1-7-14-39-28-23(32)15-20(16-24(28)37-8-2)17-25-29(35)34-27(22-12-10-21(11-13-22)18(4)5)26(30(36)38-9-3)19(6)33-31(34)40-25/h1,10-13,15-18,27H,8-9,14H2,2-6H3/b25-17+/t27-/m0/s1. The summed E-state index contributed by atoms with van der Waals surface area (Å²) in [4.78, 5) is 32.2. The molecule has 0 bridgehead atoms. The normalized spacial score (nSPS) is 14.9. The van der Waals surface area contributed by atoms with Crippen LogP contribution >= 0.6 is 27.3 Å². The van der Waals surface area contributed by atoms with Gasteiger partial charge in [-0.2, -0.15) is 0 Å². The van der Waals surface area contributed by atoms with Crippen molar-refractivity contribution in [2.75, 3.05) is 19.8 Å². The summed E-state index contributed by atoms with van der Waals surface area (Å²) in [6, 6.07) is 11.0. The summed E-state index contributed by atoms with van der Waals surface area (Å²) in [5.74, 6) is 3.33. The molecule has 0 unspecified atom stereocenters. The highest BCUT2D eigenvalue weighted by molar-refractivity contribution is 9.10. The summed E-state index contributed by atoms with van der Waals surface area (Å²) in [5, 5.41) is 0. The minimum atomic E-state index is -0.663. The first kappa shape index (κ1) is 29.4. The second-order valence-corrected chi connectivity index (χ2v) is 11.2. The van der Waals surface area contributed by atoms with Gasteiger partial charge in [-0.15, -0.1) is 6.42 Å². The molecule has 0 fully saturated rings. The maximum absolute atomic E-state index is 13.9. The van der Waals surface area contributed by atoms with Gasteiger partial charge >= 0.3 is 5.97 Å². The van der Waals surface area contributed by atoms with Crippen LogP contribution < -0.4 is 24.4 Å². The Morgan fingerprint density at radius 2 is 1.93 bits per heavy atom. The number of benzene rings is 2. The number of ether oxygens (including phenoxy) is 3. The van der Waals surface area contributed by atoms with Crippen LogP contribution in [-0.4, -0.2) is 30.4 Å². The zero-order valence-corrected chi connectivity index (χ0v) is 25.5.